The van der Waals surface area contributed by atoms with Crippen LogP contribution in [0, 0.1) is 13.8 Å². The standard InChI is InChI=1S/C31H39N3O5S/c1-6-20-32-31(36)25(5)33(21-26-12-8-23(3)9-13-26)30(35)22-34(27-14-10-24(4)11-15-27)40(37,38)29-18-16-28(17-19-29)39-7-2/h8-19,25H,6-7,20-22H2,1-5H3,(H,32,36). The van der Waals surface area contributed by atoms with Gasteiger partial charge in [0.15, 0.2) is 0 Å². The normalized spacial score (nSPS) is 11.9. The average Bonchev–Trinajstić information content (AvgIpc) is 2.94. The zero-order valence-corrected chi connectivity index (χ0v) is 24.7. The summed E-state index contributed by atoms with van der Waals surface area (Å²) in [6, 6.07) is 19.9. The van der Waals surface area contributed by atoms with Crippen LogP contribution in [0.15, 0.2) is 77.7 Å². The number of carbonyl (C=O) groups excluding carboxylic acids is 2. The molecule has 0 bridgehead atoms. The van der Waals surface area contributed by atoms with Gasteiger partial charge < -0.3 is 15.0 Å². The highest BCUT2D eigenvalue weighted by Gasteiger charge is 2.32. The highest BCUT2D eigenvalue weighted by atomic mass is 32.2. The van der Waals surface area contributed by atoms with Crippen molar-refractivity contribution >= 4 is 27.5 Å². The van der Waals surface area contributed by atoms with Crippen LogP contribution >= 0.6 is 0 Å². The molecule has 1 atom stereocenters. The van der Waals surface area contributed by atoms with Crippen LogP contribution in [0.2, 0.25) is 0 Å². The number of nitrogens with one attached hydrogen (secondary N) is 1. The van der Waals surface area contributed by atoms with Gasteiger partial charge in [0.2, 0.25) is 11.8 Å². The number of ether oxygens (including phenoxy) is 1. The molecule has 0 spiro atoms. The molecule has 1 unspecified atom stereocenters. The van der Waals surface area contributed by atoms with E-state index in [0.29, 0.717) is 24.6 Å². The predicted molar refractivity (Wildman–Crippen MR) is 158 cm³/mol. The summed E-state index contributed by atoms with van der Waals surface area (Å²) in [6.07, 6.45) is 0.756. The van der Waals surface area contributed by atoms with E-state index >= 15 is 0 Å². The Morgan fingerprint density at radius 3 is 2.00 bits per heavy atom. The van der Waals surface area contributed by atoms with Crippen LogP contribution in [0.5, 0.6) is 5.75 Å². The predicted octanol–water partition coefficient (Wildman–Crippen LogP) is 4.84. The van der Waals surface area contributed by atoms with Crippen LogP contribution in [-0.2, 0) is 26.2 Å². The summed E-state index contributed by atoms with van der Waals surface area (Å²) in [5, 5.41) is 2.85. The Labute approximate surface area is 238 Å². The van der Waals surface area contributed by atoms with E-state index in [2.05, 4.69) is 5.32 Å². The Morgan fingerprint density at radius 2 is 1.45 bits per heavy atom. The molecule has 8 nitrogen and oxygen atoms in total. The molecule has 214 valence electrons. The number of rotatable bonds is 13. The number of anilines is 1. The number of sulfonamides is 1. The van der Waals surface area contributed by atoms with E-state index in [0.717, 1.165) is 27.4 Å². The van der Waals surface area contributed by atoms with Gasteiger partial charge in [0.05, 0.1) is 17.2 Å². The second kappa shape index (κ2) is 14.0. The minimum absolute atomic E-state index is 0.0307. The van der Waals surface area contributed by atoms with Gasteiger partial charge in [0, 0.05) is 13.1 Å². The first-order valence-electron chi connectivity index (χ1n) is 13.5. The fourth-order valence-electron chi connectivity index (χ4n) is 4.11. The Bertz CT molecular complexity index is 1370. The van der Waals surface area contributed by atoms with Gasteiger partial charge in [-0.15, -0.1) is 0 Å². The lowest BCUT2D eigenvalue weighted by Gasteiger charge is -2.32. The molecular weight excluding hydrogens is 526 g/mol. The monoisotopic (exact) mass is 565 g/mol. The molecule has 0 aliphatic carbocycles. The zero-order valence-electron chi connectivity index (χ0n) is 23.9. The number of hydrogen-bond donors (Lipinski definition) is 1. The van der Waals surface area contributed by atoms with E-state index in [1.54, 1.807) is 43.3 Å². The fourth-order valence-corrected chi connectivity index (χ4v) is 5.52. The van der Waals surface area contributed by atoms with Gasteiger partial charge in [-0.3, -0.25) is 13.9 Å². The number of benzene rings is 3. The molecule has 3 aromatic carbocycles. The van der Waals surface area contributed by atoms with Crippen molar-refractivity contribution in [3.05, 3.63) is 89.5 Å². The SMILES string of the molecule is CCCNC(=O)C(C)N(Cc1ccc(C)cc1)C(=O)CN(c1ccc(C)cc1)S(=O)(=O)c1ccc(OCC)cc1. The Balaban J connectivity index is 2.00. The Kier molecular flexibility index (Phi) is 10.7. The molecular formula is C31H39N3O5S. The zero-order chi connectivity index (χ0) is 29.3. The van der Waals surface area contributed by atoms with Crippen LogP contribution in [0.3, 0.4) is 0 Å². The van der Waals surface area contributed by atoms with Gasteiger partial charge in [-0.1, -0.05) is 54.4 Å². The summed E-state index contributed by atoms with van der Waals surface area (Å²) in [7, 11) is -4.14. The molecule has 2 amide bonds. The van der Waals surface area contributed by atoms with Crippen molar-refractivity contribution in [2.24, 2.45) is 0 Å². The third kappa shape index (κ3) is 7.85. The molecule has 0 aliphatic heterocycles. The lowest BCUT2D eigenvalue weighted by Crippen LogP contribution is -2.51. The van der Waals surface area contributed by atoms with Gasteiger partial charge >= 0.3 is 0 Å². The number of aryl methyl sites for hydroxylation is 2. The first-order chi connectivity index (χ1) is 19.1. The number of nitrogens with zero attached hydrogens (tertiary/aromatic N) is 2. The topological polar surface area (TPSA) is 96.0 Å². The summed E-state index contributed by atoms with van der Waals surface area (Å²) in [5.74, 6) is -0.232. The third-order valence-corrected chi connectivity index (χ3v) is 8.30. The minimum Gasteiger partial charge on any atom is -0.494 e. The van der Waals surface area contributed by atoms with Crippen LogP contribution in [-0.4, -0.2) is 50.9 Å². The maximum absolute atomic E-state index is 13.9. The molecule has 0 aromatic heterocycles. The molecule has 9 heteroatoms. The smallest absolute Gasteiger partial charge is 0.264 e. The van der Waals surface area contributed by atoms with Crippen molar-refractivity contribution in [3.63, 3.8) is 0 Å². The van der Waals surface area contributed by atoms with Crippen LogP contribution < -0.4 is 14.4 Å². The van der Waals surface area contributed by atoms with E-state index in [9.17, 15) is 18.0 Å². The molecule has 3 rings (SSSR count). The largest absolute Gasteiger partial charge is 0.494 e. The van der Waals surface area contributed by atoms with Gasteiger partial charge in [-0.2, -0.15) is 0 Å². The second-order valence-corrected chi connectivity index (χ2v) is 11.6. The summed E-state index contributed by atoms with van der Waals surface area (Å²) in [6.45, 7) is 9.95. The van der Waals surface area contributed by atoms with Gasteiger partial charge in [-0.05, 0) is 76.1 Å². The highest BCUT2D eigenvalue weighted by molar-refractivity contribution is 7.92. The van der Waals surface area contributed by atoms with Crippen molar-refractivity contribution < 1.29 is 22.7 Å². The van der Waals surface area contributed by atoms with E-state index in [-0.39, 0.29) is 17.3 Å². The summed E-state index contributed by atoms with van der Waals surface area (Å²) in [5.41, 5.74) is 3.22. The van der Waals surface area contributed by atoms with Gasteiger partial charge in [0.1, 0.15) is 18.3 Å². The maximum atomic E-state index is 13.9. The first-order valence-corrected chi connectivity index (χ1v) is 15.0. The van der Waals surface area contributed by atoms with Crippen molar-refractivity contribution in [1.82, 2.24) is 10.2 Å². The number of hydrogen-bond acceptors (Lipinski definition) is 5. The average molecular weight is 566 g/mol. The molecule has 0 saturated heterocycles. The Morgan fingerprint density at radius 1 is 0.875 bits per heavy atom. The van der Waals surface area contributed by atoms with E-state index in [1.165, 1.54) is 17.0 Å². The lowest BCUT2D eigenvalue weighted by atomic mass is 10.1. The lowest BCUT2D eigenvalue weighted by molar-refractivity contribution is -0.139. The van der Waals surface area contributed by atoms with Crippen molar-refractivity contribution in [2.75, 3.05) is 24.0 Å². The summed E-state index contributed by atoms with van der Waals surface area (Å²) < 4.78 is 34.4. The van der Waals surface area contributed by atoms with Gasteiger partial charge in [0.25, 0.3) is 10.0 Å². The molecule has 0 aliphatic rings. The molecule has 0 saturated carbocycles. The van der Waals surface area contributed by atoms with E-state index < -0.39 is 28.5 Å². The van der Waals surface area contributed by atoms with Crippen molar-refractivity contribution in [3.8, 4) is 5.75 Å². The molecule has 40 heavy (non-hydrogen) atoms. The van der Waals surface area contributed by atoms with E-state index in [4.69, 9.17) is 4.74 Å². The first kappa shape index (κ1) is 30.7. The summed E-state index contributed by atoms with van der Waals surface area (Å²) in [4.78, 5) is 28.3. The highest BCUT2D eigenvalue weighted by Crippen LogP contribution is 2.26. The molecule has 0 heterocycles. The molecule has 0 fully saturated rings. The van der Waals surface area contributed by atoms with Crippen molar-refractivity contribution in [1.29, 1.82) is 0 Å². The fraction of sp³-hybridized carbons (Fsp3) is 0.355. The minimum atomic E-state index is -4.14. The molecule has 3 aromatic rings. The quantitative estimate of drug-likeness (QED) is 0.320. The van der Waals surface area contributed by atoms with Crippen LogP contribution in [0.1, 0.15) is 43.9 Å². The van der Waals surface area contributed by atoms with Crippen LogP contribution in [0.25, 0.3) is 0 Å². The second-order valence-electron chi connectivity index (χ2n) is 9.73. The number of carbonyl (C=O) groups is 2. The van der Waals surface area contributed by atoms with Crippen LogP contribution in [0.4, 0.5) is 5.69 Å². The third-order valence-electron chi connectivity index (χ3n) is 6.51. The van der Waals surface area contributed by atoms with Gasteiger partial charge in [-0.25, -0.2) is 8.42 Å². The Hall–Kier alpha value is -3.85. The maximum Gasteiger partial charge on any atom is 0.264 e. The summed E-state index contributed by atoms with van der Waals surface area (Å²) >= 11 is 0. The van der Waals surface area contributed by atoms with Crippen molar-refractivity contribution in [2.45, 2.75) is 58.5 Å². The molecule has 1 N–H and O–H groups in total. The van der Waals surface area contributed by atoms with E-state index in [1.807, 2.05) is 52.0 Å². The molecule has 0 radical (unpaired) electrons. The number of amides is 2.